The number of rotatable bonds is 5. The van der Waals surface area contributed by atoms with E-state index >= 15 is 0 Å². The van der Waals surface area contributed by atoms with E-state index in [0.29, 0.717) is 11.4 Å². The summed E-state index contributed by atoms with van der Waals surface area (Å²) in [5.74, 6) is -1.85. The Morgan fingerprint density at radius 1 is 1.45 bits per heavy atom. The molecular weight excluding hydrogens is 406 g/mol. The second kappa shape index (κ2) is 7.31. The fourth-order valence-electron chi connectivity index (χ4n) is 1.61. The summed E-state index contributed by atoms with van der Waals surface area (Å²) in [6, 6.07) is 5.20. The van der Waals surface area contributed by atoms with Gasteiger partial charge in [-0.25, -0.2) is 0 Å². The number of alkyl halides is 3. The molecule has 0 heterocycles. The maximum atomic E-state index is 12.4. The molecule has 0 aliphatic heterocycles. The second-order valence-electron chi connectivity index (χ2n) is 4.00. The first-order chi connectivity index (χ1) is 9.27. The van der Waals surface area contributed by atoms with Gasteiger partial charge in [0.05, 0.1) is 5.02 Å². The molecule has 0 atom stereocenters. The van der Waals surface area contributed by atoms with Crippen LogP contribution in [0.4, 0.5) is 13.2 Å². The summed E-state index contributed by atoms with van der Waals surface area (Å²) in [5.41, 5.74) is 0.808. The van der Waals surface area contributed by atoms with Crippen molar-refractivity contribution < 1.29 is 18.0 Å². The van der Waals surface area contributed by atoms with Gasteiger partial charge in [0.25, 0.3) is 0 Å². The number of amides is 1. The average molecular weight is 418 g/mol. The predicted octanol–water partition coefficient (Wildman–Crippen LogP) is 4.06. The lowest BCUT2D eigenvalue weighted by molar-refractivity contribution is -0.184. The summed E-state index contributed by atoms with van der Waals surface area (Å²) in [6.07, 6.45) is -3.30. The Morgan fingerprint density at radius 3 is 2.65 bits per heavy atom. The molecule has 1 aromatic carbocycles. The largest absolute Gasteiger partial charge is 0.471 e. The predicted molar refractivity (Wildman–Crippen MR) is 80.7 cm³/mol. The number of hydrogen-bond donors (Lipinski definition) is 0. The minimum Gasteiger partial charge on any atom is -0.331 e. The van der Waals surface area contributed by atoms with Crippen molar-refractivity contribution in [2.24, 2.45) is 0 Å². The monoisotopic (exact) mass is 417 g/mol. The molecule has 0 spiro atoms. The summed E-state index contributed by atoms with van der Waals surface area (Å²) >= 11 is 7.97. The van der Waals surface area contributed by atoms with E-state index in [-0.39, 0.29) is 13.1 Å². The molecule has 0 radical (unpaired) electrons. The molecule has 0 aliphatic carbocycles. The SMILES string of the molecule is C=CCN(CCc1cccc(Cl)c1I)C(=O)C(F)(F)F. The first-order valence-corrected chi connectivity index (χ1v) is 7.13. The number of benzene rings is 1. The average Bonchev–Trinajstić information content (AvgIpc) is 2.37. The summed E-state index contributed by atoms with van der Waals surface area (Å²) in [7, 11) is 0. The first kappa shape index (κ1) is 17.3. The Hall–Kier alpha value is -0.760. The Kier molecular flexibility index (Phi) is 6.32. The maximum Gasteiger partial charge on any atom is 0.471 e. The maximum absolute atomic E-state index is 12.4. The van der Waals surface area contributed by atoms with Crippen LogP contribution in [-0.4, -0.2) is 30.1 Å². The molecule has 0 saturated heterocycles. The zero-order valence-electron chi connectivity index (χ0n) is 10.4. The van der Waals surface area contributed by atoms with E-state index < -0.39 is 12.1 Å². The van der Waals surface area contributed by atoms with Gasteiger partial charge in [-0.3, -0.25) is 4.79 Å². The Morgan fingerprint density at radius 2 is 2.10 bits per heavy atom. The van der Waals surface area contributed by atoms with Crippen molar-refractivity contribution >= 4 is 40.1 Å². The molecule has 1 amide bonds. The number of carbonyl (C=O) groups excluding carboxylic acids is 1. The van der Waals surface area contributed by atoms with Gasteiger partial charge >= 0.3 is 12.1 Å². The van der Waals surface area contributed by atoms with E-state index in [2.05, 4.69) is 6.58 Å². The molecule has 0 fully saturated rings. The van der Waals surface area contributed by atoms with E-state index in [4.69, 9.17) is 11.6 Å². The Balaban J connectivity index is 2.80. The van der Waals surface area contributed by atoms with Gasteiger partial charge in [-0.2, -0.15) is 13.2 Å². The molecule has 0 aromatic heterocycles. The topological polar surface area (TPSA) is 20.3 Å². The van der Waals surface area contributed by atoms with Crippen molar-refractivity contribution in [3.63, 3.8) is 0 Å². The van der Waals surface area contributed by atoms with Crippen molar-refractivity contribution in [1.82, 2.24) is 4.90 Å². The number of hydrogen-bond acceptors (Lipinski definition) is 1. The van der Waals surface area contributed by atoms with E-state index in [1.165, 1.54) is 6.08 Å². The van der Waals surface area contributed by atoms with Gasteiger partial charge in [-0.1, -0.05) is 29.8 Å². The van der Waals surface area contributed by atoms with Gasteiger partial charge < -0.3 is 4.90 Å². The lowest BCUT2D eigenvalue weighted by atomic mass is 10.1. The minimum absolute atomic E-state index is 0.0410. The number of carbonyl (C=O) groups is 1. The van der Waals surface area contributed by atoms with Crippen LogP contribution in [-0.2, 0) is 11.2 Å². The van der Waals surface area contributed by atoms with Gasteiger partial charge in [0.2, 0.25) is 0 Å². The zero-order chi connectivity index (χ0) is 15.3. The highest BCUT2D eigenvalue weighted by molar-refractivity contribution is 14.1. The number of halogens is 5. The molecule has 0 bridgehead atoms. The van der Waals surface area contributed by atoms with E-state index in [0.717, 1.165) is 14.0 Å². The highest BCUT2D eigenvalue weighted by atomic mass is 127. The lowest BCUT2D eigenvalue weighted by Crippen LogP contribution is -2.42. The van der Waals surface area contributed by atoms with Crippen LogP contribution in [0.3, 0.4) is 0 Å². The molecule has 0 unspecified atom stereocenters. The van der Waals surface area contributed by atoms with Gasteiger partial charge in [-0.15, -0.1) is 6.58 Å². The van der Waals surface area contributed by atoms with Crippen LogP contribution in [0.15, 0.2) is 30.9 Å². The van der Waals surface area contributed by atoms with Crippen LogP contribution >= 0.6 is 34.2 Å². The second-order valence-corrected chi connectivity index (χ2v) is 5.49. The van der Waals surface area contributed by atoms with Crippen molar-refractivity contribution in [1.29, 1.82) is 0 Å². The third kappa shape index (κ3) is 4.66. The van der Waals surface area contributed by atoms with E-state index in [9.17, 15) is 18.0 Å². The summed E-state index contributed by atoms with van der Waals surface area (Å²) < 4.78 is 38.1. The number of nitrogens with zero attached hydrogens (tertiary/aromatic N) is 1. The zero-order valence-corrected chi connectivity index (χ0v) is 13.3. The molecule has 20 heavy (non-hydrogen) atoms. The van der Waals surface area contributed by atoms with Crippen LogP contribution in [0.5, 0.6) is 0 Å². The summed E-state index contributed by atoms with van der Waals surface area (Å²) in [6.45, 7) is 3.18. The van der Waals surface area contributed by atoms with Gasteiger partial charge in [-0.05, 0) is 40.6 Å². The minimum atomic E-state index is -4.87. The van der Waals surface area contributed by atoms with Crippen LogP contribution in [0.2, 0.25) is 5.02 Å². The van der Waals surface area contributed by atoms with Gasteiger partial charge in [0.15, 0.2) is 0 Å². The van der Waals surface area contributed by atoms with Crippen molar-refractivity contribution in [2.75, 3.05) is 13.1 Å². The normalized spacial score (nSPS) is 11.2. The van der Waals surface area contributed by atoms with Gasteiger partial charge in [0.1, 0.15) is 0 Å². The third-order valence-electron chi connectivity index (χ3n) is 2.56. The fraction of sp³-hybridized carbons (Fsp3) is 0.308. The lowest BCUT2D eigenvalue weighted by Gasteiger charge is -2.22. The van der Waals surface area contributed by atoms with Crippen LogP contribution < -0.4 is 0 Å². The molecule has 0 saturated carbocycles. The third-order valence-corrected chi connectivity index (χ3v) is 4.47. The molecule has 0 N–H and O–H groups in total. The highest BCUT2D eigenvalue weighted by Gasteiger charge is 2.41. The molecule has 1 aromatic rings. The molecular formula is C13H12ClF3INO. The molecule has 1 rings (SSSR count). The quantitative estimate of drug-likeness (QED) is 0.523. The van der Waals surface area contributed by atoms with Crippen molar-refractivity contribution in [3.05, 3.63) is 45.0 Å². The van der Waals surface area contributed by atoms with E-state index in [1.54, 1.807) is 18.2 Å². The van der Waals surface area contributed by atoms with Gasteiger partial charge in [0, 0.05) is 16.7 Å². The van der Waals surface area contributed by atoms with E-state index in [1.807, 2.05) is 22.6 Å². The Labute approximate surface area is 133 Å². The first-order valence-electron chi connectivity index (χ1n) is 5.67. The van der Waals surface area contributed by atoms with Crippen molar-refractivity contribution in [3.8, 4) is 0 Å². The van der Waals surface area contributed by atoms with Crippen LogP contribution in [0, 0.1) is 3.57 Å². The van der Waals surface area contributed by atoms with Crippen molar-refractivity contribution in [2.45, 2.75) is 12.6 Å². The Bertz CT molecular complexity index is 505. The summed E-state index contributed by atoms with van der Waals surface area (Å²) in [5, 5.41) is 0.542. The van der Waals surface area contributed by atoms with Crippen LogP contribution in [0.25, 0.3) is 0 Å². The summed E-state index contributed by atoms with van der Waals surface area (Å²) in [4.78, 5) is 12.0. The fourth-order valence-corrected chi connectivity index (χ4v) is 2.43. The molecule has 110 valence electrons. The standard InChI is InChI=1S/C13H12ClF3INO/c1-2-7-19(12(20)13(15,16)17)8-6-9-4-3-5-10(14)11(9)18/h2-5H,1,6-8H2. The molecule has 0 aliphatic rings. The highest BCUT2D eigenvalue weighted by Crippen LogP contribution is 2.23. The smallest absolute Gasteiger partial charge is 0.331 e. The molecule has 2 nitrogen and oxygen atoms in total. The van der Waals surface area contributed by atoms with Crippen LogP contribution in [0.1, 0.15) is 5.56 Å². The molecule has 7 heteroatoms.